The summed E-state index contributed by atoms with van der Waals surface area (Å²) in [7, 11) is -4.27. The number of sulfonamides is 1. The van der Waals surface area contributed by atoms with Gasteiger partial charge in [-0.1, -0.05) is 53.0 Å². The number of hydrogen-bond donors (Lipinski definition) is 1. The lowest BCUT2D eigenvalue weighted by Gasteiger charge is -2.23. The Balaban J connectivity index is 1.94. The van der Waals surface area contributed by atoms with Crippen molar-refractivity contribution in [3.63, 3.8) is 0 Å². The maximum atomic E-state index is 13.3. The van der Waals surface area contributed by atoms with Crippen molar-refractivity contribution in [3.05, 3.63) is 92.9 Å². The molecule has 1 amide bonds. The summed E-state index contributed by atoms with van der Waals surface area (Å²) in [6.45, 7) is -1.12. The van der Waals surface area contributed by atoms with E-state index in [2.05, 4.69) is 5.32 Å². The highest BCUT2D eigenvalue weighted by molar-refractivity contribution is 7.89. The number of rotatable bonds is 7. The molecule has 12 heteroatoms. The van der Waals surface area contributed by atoms with Crippen LogP contribution in [0.4, 0.5) is 18.9 Å². The molecule has 1 N–H and O–H groups in total. The Morgan fingerprint density at radius 1 is 0.912 bits per heavy atom. The van der Waals surface area contributed by atoms with Gasteiger partial charge in [-0.2, -0.15) is 17.5 Å². The van der Waals surface area contributed by atoms with E-state index < -0.39 is 39.9 Å². The van der Waals surface area contributed by atoms with Crippen LogP contribution in [0.5, 0.6) is 0 Å². The smallest absolute Gasteiger partial charge is 0.324 e. The molecule has 3 aromatic carbocycles. The third-order valence-corrected chi connectivity index (χ3v) is 7.28. The van der Waals surface area contributed by atoms with Gasteiger partial charge in [-0.3, -0.25) is 4.79 Å². The Bertz CT molecular complexity index is 1300. The minimum atomic E-state index is -4.71. The predicted molar refractivity (Wildman–Crippen MR) is 126 cm³/mol. The Labute approximate surface area is 209 Å². The van der Waals surface area contributed by atoms with Crippen molar-refractivity contribution in [2.24, 2.45) is 0 Å². The minimum Gasteiger partial charge on any atom is -0.324 e. The van der Waals surface area contributed by atoms with E-state index >= 15 is 0 Å². The van der Waals surface area contributed by atoms with Gasteiger partial charge in [0.25, 0.3) is 0 Å². The van der Waals surface area contributed by atoms with E-state index in [0.29, 0.717) is 15.6 Å². The van der Waals surface area contributed by atoms with Crippen LogP contribution in [0.2, 0.25) is 15.1 Å². The molecular formula is C22H16Cl3F3N2O3S. The van der Waals surface area contributed by atoms with Crippen LogP contribution in [0.25, 0.3) is 0 Å². The zero-order valence-corrected chi connectivity index (χ0v) is 20.2. The van der Waals surface area contributed by atoms with Gasteiger partial charge >= 0.3 is 6.18 Å². The van der Waals surface area contributed by atoms with E-state index in [-0.39, 0.29) is 16.5 Å². The molecule has 0 heterocycles. The van der Waals surface area contributed by atoms with Crippen LogP contribution in [0.1, 0.15) is 11.1 Å². The van der Waals surface area contributed by atoms with E-state index in [1.807, 2.05) is 0 Å². The number of carbonyl (C=O) groups excluding carboxylic acids is 1. The standard InChI is InChI=1S/C22H16Cl3F3N2O3S/c23-15-7-9-17(10-8-15)34(32,33)30(12-14-5-6-16(24)11-19(14)25)13-21(31)29-20-4-2-1-3-18(20)22(26,27)28/h1-11H,12-13H2,(H,29,31). The zero-order valence-electron chi connectivity index (χ0n) is 17.1. The van der Waals surface area contributed by atoms with Gasteiger partial charge in [0, 0.05) is 21.6 Å². The maximum Gasteiger partial charge on any atom is 0.418 e. The minimum absolute atomic E-state index is 0.159. The highest BCUT2D eigenvalue weighted by Gasteiger charge is 2.34. The lowest BCUT2D eigenvalue weighted by molar-refractivity contribution is -0.137. The Morgan fingerprint density at radius 3 is 2.15 bits per heavy atom. The number of carbonyl (C=O) groups is 1. The van der Waals surface area contributed by atoms with Crippen LogP contribution in [-0.4, -0.2) is 25.2 Å². The third-order valence-electron chi connectivity index (χ3n) is 4.64. The summed E-state index contributed by atoms with van der Waals surface area (Å²) in [6, 6.07) is 14.0. The maximum absolute atomic E-state index is 13.3. The number of para-hydroxylation sites is 1. The summed E-state index contributed by atoms with van der Waals surface area (Å²) in [6.07, 6.45) is -4.71. The number of nitrogens with one attached hydrogen (secondary N) is 1. The quantitative estimate of drug-likeness (QED) is 0.365. The Morgan fingerprint density at radius 2 is 1.53 bits per heavy atom. The molecule has 0 aliphatic rings. The fraction of sp³-hybridized carbons (Fsp3) is 0.136. The van der Waals surface area contributed by atoms with Gasteiger partial charge in [-0.25, -0.2) is 8.42 Å². The van der Waals surface area contributed by atoms with Crippen LogP contribution < -0.4 is 5.32 Å². The number of nitrogens with zero attached hydrogens (tertiary/aromatic N) is 1. The molecule has 0 radical (unpaired) electrons. The van der Waals surface area contributed by atoms with Gasteiger partial charge in [0.1, 0.15) is 0 Å². The molecule has 0 atom stereocenters. The van der Waals surface area contributed by atoms with E-state index in [1.54, 1.807) is 0 Å². The number of alkyl halides is 3. The number of hydrogen-bond acceptors (Lipinski definition) is 3. The monoisotopic (exact) mass is 550 g/mol. The van der Waals surface area contributed by atoms with Gasteiger partial charge in [-0.05, 0) is 54.1 Å². The third kappa shape index (κ3) is 6.43. The Kier molecular flexibility index (Phi) is 8.15. The van der Waals surface area contributed by atoms with Crippen LogP contribution in [0.3, 0.4) is 0 Å². The first-order valence-corrected chi connectivity index (χ1v) is 12.1. The molecule has 0 saturated heterocycles. The largest absolute Gasteiger partial charge is 0.418 e. The van der Waals surface area contributed by atoms with Gasteiger partial charge < -0.3 is 5.32 Å². The summed E-state index contributed by atoms with van der Waals surface area (Å²) in [5, 5.41) is 2.93. The fourth-order valence-electron chi connectivity index (χ4n) is 3.01. The topological polar surface area (TPSA) is 66.5 Å². The van der Waals surface area contributed by atoms with Crippen molar-refractivity contribution in [1.82, 2.24) is 4.31 Å². The van der Waals surface area contributed by atoms with E-state index in [0.717, 1.165) is 16.4 Å². The normalized spacial score (nSPS) is 12.1. The SMILES string of the molecule is O=C(CN(Cc1ccc(Cl)cc1Cl)S(=O)(=O)c1ccc(Cl)cc1)Nc1ccccc1C(F)(F)F. The first kappa shape index (κ1) is 26.3. The second-order valence-electron chi connectivity index (χ2n) is 7.05. The van der Waals surface area contributed by atoms with Crippen LogP contribution >= 0.6 is 34.8 Å². The molecule has 0 fully saturated rings. The van der Waals surface area contributed by atoms with Crippen LogP contribution in [0, 0.1) is 0 Å². The van der Waals surface area contributed by atoms with Crippen LogP contribution in [0.15, 0.2) is 71.6 Å². The summed E-state index contributed by atoms with van der Waals surface area (Å²) in [5.74, 6) is -0.973. The van der Waals surface area contributed by atoms with Gasteiger partial charge in [-0.15, -0.1) is 0 Å². The number of anilines is 1. The van der Waals surface area contributed by atoms with E-state index in [9.17, 15) is 26.4 Å². The second kappa shape index (κ2) is 10.5. The van der Waals surface area contributed by atoms with Crippen LogP contribution in [-0.2, 0) is 27.5 Å². The average molecular weight is 552 g/mol. The molecule has 0 spiro atoms. The molecule has 0 aliphatic carbocycles. The lowest BCUT2D eigenvalue weighted by Crippen LogP contribution is -2.38. The summed E-state index contributed by atoms with van der Waals surface area (Å²) in [5.41, 5.74) is -1.21. The first-order chi connectivity index (χ1) is 15.9. The number of halogens is 6. The lowest BCUT2D eigenvalue weighted by atomic mass is 10.1. The molecule has 0 bridgehead atoms. The predicted octanol–water partition coefficient (Wildman–Crippen LogP) is 6.50. The average Bonchev–Trinajstić information content (AvgIpc) is 2.75. The first-order valence-electron chi connectivity index (χ1n) is 9.53. The van der Waals surface area contributed by atoms with Gasteiger partial charge in [0.2, 0.25) is 15.9 Å². The molecular weight excluding hydrogens is 536 g/mol. The van der Waals surface area contributed by atoms with Crippen molar-refractivity contribution in [1.29, 1.82) is 0 Å². The highest BCUT2D eigenvalue weighted by Crippen LogP contribution is 2.34. The van der Waals surface area contributed by atoms with Crippen molar-refractivity contribution >= 4 is 56.4 Å². The molecule has 5 nitrogen and oxygen atoms in total. The van der Waals surface area contributed by atoms with Gasteiger partial charge in [0.05, 0.1) is 22.7 Å². The molecule has 0 aliphatic heterocycles. The molecule has 3 aromatic rings. The summed E-state index contributed by atoms with van der Waals surface area (Å²) >= 11 is 17.9. The molecule has 0 saturated carbocycles. The molecule has 0 aromatic heterocycles. The highest BCUT2D eigenvalue weighted by atomic mass is 35.5. The van der Waals surface area contributed by atoms with Crippen molar-refractivity contribution in [2.75, 3.05) is 11.9 Å². The Hall–Kier alpha value is -2.30. The number of benzene rings is 3. The summed E-state index contributed by atoms with van der Waals surface area (Å²) in [4.78, 5) is 12.5. The molecule has 3 rings (SSSR count). The van der Waals surface area contributed by atoms with Crippen molar-refractivity contribution < 1.29 is 26.4 Å². The van der Waals surface area contributed by atoms with Crippen molar-refractivity contribution in [3.8, 4) is 0 Å². The fourth-order valence-corrected chi connectivity index (χ4v) is 4.98. The van der Waals surface area contributed by atoms with E-state index in [1.165, 1.54) is 54.6 Å². The molecule has 34 heavy (non-hydrogen) atoms. The summed E-state index contributed by atoms with van der Waals surface area (Å²) < 4.78 is 67.2. The molecule has 180 valence electrons. The van der Waals surface area contributed by atoms with E-state index in [4.69, 9.17) is 34.8 Å². The number of amides is 1. The van der Waals surface area contributed by atoms with Gasteiger partial charge in [0.15, 0.2) is 0 Å². The van der Waals surface area contributed by atoms with Crippen molar-refractivity contribution in [2.45, 2.75) is 17.6 Å². The zero-order chi connectivity index (χ0) is 25.1. The second-order valence-corrected chi connectivity index (χ2v) is 10.3. The molecule has 0 unspecified atom stereocenters.